The van der Waals surface area contributed by atoms with Crippen molar-refractivity contribution < 1.29 is 9.59 Å². The summed E-state index contributed by atoms with van der Waals surface area (Å²) in [6.45, 7) is 5.81. The van der Waals surface area contributed by atoms with Crippen molar-refractivity contribution in [3.05, 3.63) is 29.8 Å². The van der Waals surface area contributed by atoms with Crippen LogP contribution in [0.15, 0.2) is 29.3 Å². The van der Waals surface area contributed by atoms with Gasteiger partial charge in [0.2, 0.25) is 11.8 Å². The summed E-state index contributed by atoms with van der Waals surface area (Å²) in [4.78, 5) is 34.0. The Morgan fingerprint density at radius 2 is 1.94 bits per heavy atom. The lowest BCUT2D eigenvalue weighted by molar-refractivity contribution is -0.134. The molecule has 0 aromatic heterocycles. The minimum Gasteiger partial charge on any atom is -0.357 e. The topological polar surface area (TPSA) is 77.0 Å². The number of carbonyl (C=O) groups is 2. The average Bonchev–Trinajstić information content (AvgIpc) is 3.57. The number of fused-ring (bicyclic) bond motifs is 1. The van der Waals surface area contributed by atoms with E-state index in [4.69, 9.17) is 0 Å². The van der Waals surface area contributed by atoms with Gasteiger partial charge in [0, 0.05) is 56.8 Å². The highest BCUT2D eigenvalue weighted by molar-refractivity contribution is 5.95. The Hall–Kier alpha value is -2.57. The molecule has 2 N–H and O–H groups in total. The van der Waals surface area contributed by atoms with E-state index in [2.05, 4.69) is 28.6 Å². The first-order chi connectivity index (χ1) is 15.7. The number of carbonyl (C=O) groups excluding carboxylic acids is 2. The van der Waals surface area contributed by atoms with E-state index in [1.165, 1.54) is 18.4 Å². The molecule has 4 rings (SSSR count). The molecular weight excluding hydrogens is 402 g/mol. The van der Waals surface area contributed by atoms with Crippen LogP contribution in [-0.2, 0) is 16.0 Å². The van der Waals surface area contributed by atoms with Gasteiger partial charge < -0.3 is 20.4 Å². The standard InChI is InChI=1S/C25H37N5O2/c1-2-26-25(28-21-14-16-29(18-21)24(32)20-9-3-4-10-20)27-15-7-12-23(31)30-17-13-19-8-5-6-11-22(19)30/h5-6,8,11,20-21H,2-4,7,9-10,12-18H2,1H3,(H2,26,27,28). The summed E-state index contributed by atoms with van der Waals surface area (Å²) >= 11 is 0. The number of rotatable bonds is 7. The number of likely N-dealkylation sites (tertiary alicyclic amines) is 1. The summed E-state index contributed by atoms with van der Waals surface area (Å²) in [6, 6.07) is 8.40. The lowest BCUT2D eigenvalue weighted by atomic mass is 10.1. The van der Waals surface area contributed by atoms with Gasteiger partial charge in [0.25, 0.3) is 0 Å². The Bertz CT molecular complexity index is 833. The van der Waals surface area contributed by atoms with E-state index in [1.807, 2.05) is 28.0 Å². The summed E-state index contributed by atoms with van der Waals surface area (Å²) in [6.07, 6.45) is 7.62. The van der Waals surface area contributed by atoms with Gasteiger partial charge in [-0.05, 0) is 50.7 Å². The third-order valence-electron chi connectivity index (χ3n) is 6.90. The molecule has 2 aliphatic heterocycles. The van der Waals surface area contributed by atoms with Crippen LogP contribution in [0.3, 0.4) is 0 Å². The lowest BCUT2D eigenvalue weighted by Gasteiger charge is -2.21. The first-order valence-electron chi connectivity index (χ1n) is 12.4. The van der Waals surface area contributed by atoms with E-state index in [1.54, 1.807) is 0 Å². The molecule has 1 atom stereocenters. The summed E-state index contributed by atoms with van der Waals surface area (Å²) in [5, 5.41) is 6.80. The van der Waals surface area contributed by atoms with Gasteiger partial charge in [-0.2, -0.15) is 0 Å². The molecule has 2 heterocycles. The number of anilines is 1. The number of hydrogen-bond acceptors (Lipinski definition) is 3. The maximum absolute atomic E-state index is 12.7. The van der Waals surface area contributed by atoms with E-state index >= 15 is 0 Å². The molecule has 7 nitrogen and oxygen atoms in total. The van der Waals surface area contributed by atoms with E-state index in [-0.39, 0.29) is 17.9 Å². The summed E-state index contributed by atoms with van der Waals surface area (Å²) in [5.74, 6) is 1.55. The zero-order valence-electron chi connectivity index (χ0n) is 19.3. The predicted octanol–water partition coefficient (Wildman–Crippen LogP) is 2.70. The molecule has 2 fully saturated rings. The van der Waals surface area contributed by atoms with Gasteiger partial charge in [0.15, 0.2) is 5.96 Å². The molecule has 2 amide bonds. The van der Waals surface area contributed by atoms with Crippen molar-refractivity contribution in [2.75, 3.05) is 37.6 Å². The molecule has 0 bridgehead atoms. The Labute approximate surface area is 191 Å². The fourth-order valence-corrected chi connectivity index (χ4v) is 5.18. The van der Waals surface area contributed by atoms with E-state index in [0.29, 0.717) is 18.9 Å². The smallest absolute Gasteiger partial charge is 0.227 e. The Kier molecular flexibility index (Phi) is 7.66. The molecule has 32 heavy (non-hydrogen) atoms. The van der Waals surface area contributed by atoms with Gasteiger partial charge in [0.1, 0.15) is 0 Å². The molecule has 3 aliphatic rings. The van der Waals surface area contributed by atoms with Crippen LogP contribution in [0, 0.1) is 5.92 Å². The Morgan fingerprint density at radius 1 is 1.12 bits per heavy atom. The monoisotopic (exact) mass is 439 g/mol. The van der Waals surface area contributed by atoms with Crippen molar-refractivity contribution in [2.45, 2.75) is 64.3 Å². The molecule has 1 unspecified atom stereocenters. The number of nitrogens with zero attached hydrogens (tertiary/aromatic N) is 3. The van der Waals surface area contributed by atoms with Crippen molar-refractivity contribution >= 4 is 23.5 Å². The molecule has 1 saturated carbocycles. The fraction of sp³-hybridized carbons (Fsp3) is 0.640. The number of benzene rings is 1. The second-order valence-corrected chi connectivity index (χ2v) is 9.18. The quantitative estimate of drug-likeness (QED) is 0.389. The van der Waals surface area contributed by atoms with Gasteiger partial charge in [-0.15, -0.1) is 0 Å². The van der Waals surface area contributed by atoms with Crippen LogP contribution in [-0.4, -0.2) is 61.4 Å². The largest absolute Gasteiger partial charge is 0.357 e. The molecule has 1 aromatic carbocycles. The molecule has 1 aliphatic carbocycles. The SMILES string of the molecule is CCNC(=NCCCC(=O)N1CCc2ccccc21)NC1CCN(C(=O)C2CCCC2)C1. The highest BCUT2D eigenvalue weighted by Crippen LogP contribution is 2.29. The highest BCUT2D eigenvalue weighted by atomic mass is 16.2. The van der Waals surface area contributed by atoms with Crippen molar-refractivity contribution in [3.63, 3.8) is 0 Å². The van der Waals surface area contributed by atoms with Gasteiger partial charge in [-0.3, -0.25) is 14.6 Å². The average molecular weight is 440 g/mol. The van der Waals surface area contributed by atoms with Crippen molar-refractivity contribution in [3.8, 4) is 0 Å². The first kappa shape index (κ1) is 22.6. The Balaban J connectivity index is 1.22. The van der Waals surface area contributed by atoms with Crippen LogP contribution < -0.4 is 15.5 Å². The summed E-state index contributed by atoms with van der Waals surface area (Å²) in [7, 11) is 0. The van der Waals surface area contributed by atoms with Gasteiger partial charge in [-0.25, -0.2) is 0 Å². The molecule has 0 radical (unpaired) electrons. The van der Waals surface area contributed by atoms with Crippen LogP contribution in [0.4, 0.5) is 5.69 Å². The summed E-state index contributed by atoms with van der Waals surface area (Å²) in [5.41, 5.74) is 2.32. The zero-order chi connectivity index (χ0) is 22.3. The lowest BCUT2D eigenvalue weighted by Crippen LogP contribution is -2.45. The van der Waals surface area contributed by atoms with Crippen LogP contribution in [0.25, 0.3) is 0 Å². The normalized spacial score (nSPS) is 21.2. The molecular formula is C25H37N5O2. The number of guanidine groups is 1. The maximum Gasteiger partial charge on any atom is 0.227 e. The van der Waals surface area contributed by atoms with E-state index in [0.717, 1.165) is 69.9 Å². The predicted molar refractivity (Wildman–Crippen MR) is 128 cm³/mol. The Morgan fingerprint density at radius 3 is 2.75 bits per heavy atom. The number of hydrogen-bond donors (Lipinski definition) is 2. The number of amides is 2. The summed E-state index contributed by atoms with van der Waals surface area (Å²) < 4.78 is 0. The molecule has 0 spiro atoms. The third kappa shape index (κ3) is 5.43. The van der Waals surface area contributed by atoms with Crippen molar-refractivity contribution in [1.82, 2.24) is 15.5 Å². The van der Waals surface area contributed by atoms with Gasteiger partial charge in [0.05, 0.1) is 0 Å². The minimum atomic E-state index is 0.181. The highest BCUT2D eigenvalue weighted by Gasteiger charge is 2.32. The van der Waals surface area contributed by atoms with Gasteiger partial charge >= 0.3 is 0 Å². The second-order valence-electron chi connectivity index (χ2n) is 9.18. The molecule has 1 saturated heterocycles. The number of nitrogens with one attached hydrogen (secondary N) is 2. The maximum atomic E-state index is 12.7. The first-order valence-corrected chi connectivity index (χ1v) is 12.4. The van der Waals surface area contributed by atoms with Gasteiger partial charge in [-0.1, -0.05) is 31.0 Å². The van der Waals surface area contributed by atoms with Crippen LogP contribution in [0.5, 0.6) is 0 Å². The van der Waals surface area contributed by atoms with Crippen LogP contribution >= 0.6 is 0 Å². The minimum absolute atomic E-state index is 0.181. The number of para-hydroxylation sites is 1. The second kappa shape index (κ2) is 10.8. The molecule has 174 valence electrons. The van der Waals surface area contributed by atoms with E-state index in [9.17, 15) is 9.59 Å². The van der Waals surface area contributed by atoms with Crippen LogP contribution in [0.1, 0.15) is 57.4 Å². The molecule has 1 aromatic rings. The molecule has 7 heteroatoms. The van der Waals surface area contributed by atoms with E-state index < -0.39 is 0 Å². The zero-order valence-corrected chi connectivity index (χ0v) is 19.3. The van der Waals surface area contributed by atoms with Crippen molar-refractivity contribution in [2.24, 2.45) is 10.9 Å². The third-order valence-corrected chi connectivity index (χ3v) is 6.90. The van der Waals surface area contributed by atoms with Crippen LogP contribution in [0.2, 0.25) is 0 Å². The van der Waals surface area contributed by atoms with Crippen molar-refractivity contribution in [1.29, 1.82) is 0 Å². The number of aliphatic imine (C=N–C) groups is 1. The fourth-order valence-electron chi connectivity index (χ4n) is 5.18.